The molecule has 1 aliphatic heterocycles. The summed E-state index contributed by atoms with van der Waals surface area (Å²) in [5.74, 6) is -2.01. The Labute approximate surface area is 173 Å². The highest BCUT2D eigenvalue weighted by Crippen LogP contribution is 2.39. The van der Waals surface area contributed by atoms with Gasteiger partial charge in [0.1, 0.15) is 24.3 Å². The van der Waals surface area contributed by atoms with Crippen molar-refractivity contribution in [1.29, 1.82) is 0 Å². The summed E-state index contributed by atoms with van der Waals surface area (Å²) < 4.78 is 28.2. The van der Waals surface area contributed by atoms with Crippen molar-refractivity contribution in [3.63, 3.8) is 0 Å². The van der Waals surface area contributed by atoms with Crippen LogP contribution in [0, 0.1) is 17.6 Å². The molecule has 2 aliphatic rings. The van der Waals surface area contributed by atoms with E-state index < -0.39 is 36.2 Å². The van der Waals surface area contributed by atoms with E-state index in [4.69, 9.17) is 5.11 Å². The van der Waals surface area contributed by atoms with Crippen molar-refractivity contribution in [2.45, 2.75) is 24.9 Å². The molecular weight excluding hydrogens is 390 g/mol. The first-order valence-electron chi connectivity index (χ1n) is 9.89. The lowest BCUT2D eigenvalue weighted by molar-refractivity contribution is -0.138. The van der Waals surface area contributed by atoms with Crippen molar-refractivity contribution >= 4 is 17.4 Å². The monoisotopic (exact) mass is 412 g/mol. The van der Waals surface area contributed by atoms with Gasteiger partial charge < -0.3 is 15.3 Å². The maximum atomic E-state index is 14.4. The Balaban J connectivity index is 1.68. The third-order valence-corrected chi connectivity index (χ3v) is 5.55. The van der Waals surface area contributed by atoms with Crippen LogP contribution in [0.5, 0.6) is 0 Å². The highest BCUT2D eigenvalue weighted by atomic mass is 19.1. The summed E-state index contributed by atoms with van der Waals surface area (Å²) in [4.78, 5) is 26.8. The Morgan fingerprint density at radius 2 is 1.87 bits per heavy atom. The molecule has 0 aromatic heterocycles. The fraction of sp³-hybridized carbons (Fsp3) is 0.304. The third kappa shape index (κ3) is 4.11. The molecule has 7 heteroatoms. The highest BCUT2D eigenvalue weighted by molar-refractivity contribution is 5.91. The average molecular weight is 412 g/mol. The molecule has 1 fully saturated rings. The van der Waals surface area contributed by atoms with Gasteiger partial charge in [-0.1, -0.05) is 36.4 Å². The molecule has 1 heterocycles. The number of carbonyl (C=O) groups excluding carboxylic acids is 2. The van der Waals surface area contributed by atoms with E-state index in [-0.39, 0.29) is 23.9 Å². The first kappa shape index (κ1) is 20.2. The Kier molecular flexibility index (Phi) is 5.63. The van der Waals surface area contributed by atoms with Gasteiger partial charge in [0, 0.05) is 12.1 Å². The van der Waals surface area contributed by atoms with Gasteiger partial charge in [0.05, 0.1) is 6.04 Å². The largest absolute Gasteiger partial charge is 0.387 e. The van der Waals surface area contributed by atoms with E-state index >= 15 is 0 Å². The molecule has 1 aliphatic carbocycles. The minimum Gasteiger partial charge on any atom is -0.387 e. The second-order valence-corrected chi connectivity index (χ2v) is 7.68. The Hall–Kier alpha value is -3.06. The van der Waals surface area contributed by atoms with Crippen LogP contribution < -0.4 is 5.32 Å². The van der Waals surface area contributed by atoms with Gasteiger partial charge in [-0.05, 0) is 48.1 Å². The number of amides is 2. The van der Waals surface area contributed by atoms with E-state index in [2.05, 4.69) is 5.32 Å². The Morgan fingerprint density at radius 1 is 1.13 bits per heavy atom. The zero-order valence-electron chi connectivity index (χ0n) is 16.2. The zero-order valence-corrected chi connectivity index (χ0v) is 16.2. The molecule has 4 rings (SSSR count). The maximum Gasteiger partial charge on any atom is 0.246 e. The second kappa shape index (κ2) is 8.36. The minimum atomic E-state index is -0.749. The predicted molar refractivity (Wildman–Crippen MR) is 107 cm³/mol. The van der Waals surface area contributed by atoms with E-state index in [1.54, 1.807) is 11.0 Å². The van der Waals surface area contributed by atoms with Crippen LogP contribution in [-0.2, 0) is 9.59 Å². The van der Waals surface area contributed by atoms with Crippen LogP contribution in [0.4, 0.5) is 8.78 Å². The summed E-state index contributed by atoms with van der Waals surface area (Å²) in [5, 5.41) is 11.7. The van der Waals surface area contributed by atoms with Gasteiger partial charge in [-0.15, -0.1) is 0 Å². The van der Waals surface area contributed by atoms with Gasteiger partial charge in [-0.3, -0.25) is 9.59 Å². The van der Waals surface area contributed by atoms with E-state index in [0.29, 0.717) is 5.57 Å². The number of benzene rings is 2. The third-order valence-electron chi connectivity index (χ3n) is 5.55. The molecule has 156 valence electrons. The Bertz CT molecular complexity index is 989. The van der Waals surface area contributed by atoms with E-state index in [0.717, 1.165) is 36.6 Å². The SMILES string of the molecule is O=C(CO)N[C@H](C(=O)N1CC(c2cc(F)ccc2F)=C[C@H]1c1ccccc1)C1CC1. The van der Waals surface area contributed by atoms with Gasteiger partial charge in [0.2, 0.25) is 11.8 Å². The first-order valence-corrected chi connectivity index (χ1v) is 9.89. The lowest BCUT2D eigenvalue weighted by atomic mass is 10.0. The lowest BCUT2D eigenvalue weighted by Crippen LogP contribution is -2.50. The molecule has 2 aromatic carbocycles. The highest BCUT2D eigenvalue weighted by Gasteiger charge is 2.42. The van der Waals surface area contributed by atoms with Crippen LogP contribution in [0.1, 0.15) is 30.0 Å². The summed E-state index contributed by atoms with van der Waals surface area (Å²) in [5.41, 5.74) is 1.46. The summed E-state index contributed by atoms with van der Waals surface area (Å²) in [7, 11) is 0. The molecule has 2 atom stereocenters. The fourth-order valence-electron chi connectivity index (χ4n) is 3.88. The van der Waals surface area contributed by atoms with E-state index in [9.17, 15) is 18.4 Å². The molecule has 2 N–H and O–H groups in total. The molecule has 0 saturated heterocycles. The zero-order chi connectivity index (χ0) is 21.3. The quantitative estimate of drug-likeness (QED) is 0.767. The smallest absolute Gasteiger partial charge is 0.246 e. The van der Waals surface area contributed by atoms with Crippen LogP contribution in [0.25, 0.3) is 5.57 Å². The van der Waals surface area contributed by atoms with Gasteiger partial charge >= 0.3 is 0 Å². The predicted octanol–water partition coefficient (Wildman–Crippen LogP) is 2.82. The second-order valence-electron chi connectivity index (χ2n) is 7.68. The van der Waals surface area contributed by atoms with Crippen LogP contribution >= 0.6 is 0 Å². The Morgan fingerprint density at radius 3 is 2.53 bits per heavy atom. The standard InChI is InChI=1S/C23H22F2N2O3/c24-17-8-9-19(25)18(11-17)16-10-20(14-4-2-1-3-5-14)27(12-16)23(30)22(15-6-7-15)26-21(29)13-28/h1-5,8-11,15,20,22,28H,6-7,12-13H2,(H,26,29)/t20-,22-/m0/s1. The maximum absolute atomic E-state index is 14.4. The number of hydrogen-bond donors (Lipinski definition) is 2. The first-order chi connectivity index (χ1) is 14.5. The number of aliphatic hydroxyl groups excluding tert-OH is 1. The number of aliphatic hydroxyl groups is 1. The van der Waals surface area contributed by atoms with Crippen molar-refractivity contribution in [3.05, 3.63) is 77.4 Å². The number of rotatable bonds is 6. The topological polar surface area (TPSA) is 69.6 Å². The van der Waals surface area contributed by atoms with E-state index in [1.807, 2.05) is 30.3 Å². The number of halogens is 2. The normalized spacial score (nSPS) is 19.4. The van der Waals surface area contributed by atoms with Crippen molar-refractivity contribution in [2.24, 2.45) is 5.92 Å². The molecular formula is C23H22F2N2O3. The molecule has 0 unspecified atom stereocenters. The van der Waals surface area contributed by atoms with Crippen LogP contribution in [-0.4, -0.2) is 41.0 Å². The number of hydrogen-bond acceptors (Lipinski definition) is 3. The number of nitrogens with zero attached hydrogens (tertiary/aromatic N) is 1. The van der Waals surface area contributed by atoms with Crippen LogP contribution in [0.15, 0.2) is 54.6 Å². The summed E-state index contributed by atoms with van der Waals surface area (Å²) >= 11 is 0. The van der Waals surface area contributed by atoms with Crippen molar-refractivity contribution < 1.29 is 23.5 Å². The van der Waals surface area contributed by atoms with Gasteiger partial charge in [-0.25, -0.2) is 8.78 Å². The molecule has 5 nitrogen and oxygen atoms in total. The average Bonchev–Trinajstić information content (AvgIpc) is 3.51. The molecule has 0 spiro atoms. The molecule has 0 radical (unpaired) electrons. The lowest BCUT2D eigenvalue weighted by Gasteiger charge is -2.30. The summed E-state index contributed by atoms with van der Waals surface area (Å²) in [6.07, 6.45) is 3.39. The number of carbonyl (C=O) groups is 2. The van der Waals surface area contributed by atoms with Gasteiger partial charge in [0.15, 0.2) is 0 Å². The van der Waals surface area contributed by atoms with Crippen molar-refractivity contribution in [3.8, 4) is 0 Å². The van der Waals surface area contributed by atoms with Crippen molar-refractivity contribution in [2.75, 3.05) is 13.2 Å². The number of nitrogens with one attached hydrogen (secondary N) is 1. The molecule has 2 aromatic rings. The van der Waals surface area contributed by atoms with E-state index in [1.165, 1.54) is 0 Å². The summed E-state index contributed by atoms with van der Waals surface area (Å²) in [6, 6.07) is 11.3. The summed E-state index contributed by atoms with van der Waals surface area (Å²) in [6.45, 7) is -0.604. The van der Waals surface area contributed by atoms with Crippen LogP contribution in [0.2, 0.25) is 0 Å². The fourth-order valence-corrected chi connectivity index (χ4v) is 3.88. The van der Waals surface area contributed by atoms with Gasteiger partial charge in [-0.2, -0.15) is 0 Å². The molecule has 1 saturated carbocycles. The molecule has 30 heavy (non-hydrogen) atoms. The van der Waals surface area contributed by atoms with Gasteiger partial charge in [0.25, 0.3) is 0 Å². The molecule has 2 amide bonds. The molecule has 0 bridgehead atoms. The van der Waals surface area contributed by atoms with Crippen LogP contribution in [0.3, 0.4) is 0 Å². The minimum absolute atomic E-state index is 0.0133. The van der Waals surface area contributed by atoms with Crippen molar-refractivity contribution in [1.82, 2.24) is 10.2 Å².